The maximum atomic E-state index is 12.1. The largest absolute Gasteiger partial charge is 0.480 e. The monoisotopic (exact) mass is 275 g/mol. The highest BCUT2D eigenvalue weighted by atomic mass is 16.4. The van der Waals surface area contributed by atoms with Gasteiger partial charge in [0.25, 0.3) is 5.91 Å². The molecule has 1 saturated carbocycles. The van der Waals surface area contributed by atoms with Gasteiger partial charge < -0.3 is 14.8 Å². The number of carbonyl (C=O) groups excluding carboxylic acids is 1. The summed E-state index contributed by atoms with van der Waals surface area (Å²) in [6.45, 7) is 0. The van der Waals surface area contributed by atoms with E-state index in [4.69, 9.17) is 4.42 Å². The molecule has 7 nitrogen and oxygen atoms in total. The van der Waals surface area contributed by atoms with Crippen molar-refractivity contribution >= 4 is 11.9 Å². The predicted molar refractivity (Wildman–Crippen MR) is 68.0 cm³/mol. The van der Waals surface area contributed by atoms with Gasteiger partial charge in [-0.2, -0.15) is 5.10 Å². The lowest BCUT2D eigenvalue weighted by atomic mass is 9.76. The van der Waals surface area contributed by atoms with E-state index in [9.17, 15) is 14.7 Å². The molecule has 104 valence electrons. The lowest BCUT2D eigenvalue weighted by Crippen LogP contribution is -2.59. The minimum Gasteiger partial charge on any atom is -0.480 e. The summed E-state index contributed by atoms with van der Waals surface area (Å²) in [5.41, 5.74) is -0.428. The van der Waals surface area contributed by atoms with Crippen LogP contribution in [0.2, 0.25) is 0 Å². The van der Waals surface area contributed by atoms with Crippen LogP contribution >= 0.6 is 0 Å². The van der Waals surface area contributed by atoms with E-state index >= 15 is 0 Å². The molecular weight excluding hydrogens is 262 g/mol. The topological polar surface area (TPSA) is 108 Å². The first-order valence-electron chi connectivity index (χ1n) is 6.26. The Bertz CT molecular complexity index is 640. The molecule has 0 atom stereocenters. The maximum Gasteiger partial charge on any atom is 0.329 e. The number of nitrogens with one attached hydrogen (secondary N) is 2. The number of aromatic amines is 1. The Hall–Kier alpha value is -2.57. The Balaban J connectivity index is 1.76. The Morgan fingerprint density at radius 2 is 2.25 bits per heavy atom. The van der Waals surface area contributed by atoms with Crippen molar-refractivity contribution in [1.29, 1.82) is 0 Å². The number of hydrogen-bond donors (Lipinski definition) is 3. The molecule has 2 heterocycles. The quantitative estimate of drug-likeness (QED) is 0.781. The highest BCUT2D eigenvalue weighted by Gasteiger charge is 2.46. The fraction of sp³-hybridized carbons (Fsp3) is 0.308. The van der Waals surface area contributed by atoms with Gasteiger partial charge in [0.15, 0.2) is 11.5 Å². The molecule has 0 aliphatic heterocycles. The van der Waals surface area contributed by atoms with E-state index in [0.29, 0.717) is 24.3 Å². The highest BCUT2D eigenvalue weighted by Crippen LogP contribution is 2.32. The van der Waals surface area contributed by atoms with Crippen LogP contribution in [-0.2, 0) is 4.79 Å². The standard InChI is InChI=1S/C13H13N3O4/c17-11(14-13(12(18)19)4-2-5-13)9-7-8(15-16-9)10-3-1-6-20-10/h1,3,6-7H,2,4-5H2,(H,14,17)(H,15,16)(H,18,19). The molecule has 7 heteroatoms. The van der Waals surface area contributed by atoms with Gasteiger partial charge in [-0.1, -0.05) is 0 Å². The molecule has 3 N–H and O–H groups in total. The van der Waals surface area contributed by atoms with Crippen molar-refractivity contribution < 1.29 is 19.1 Å². The van der Waals surface area contributed by atoms with Crippen LogP contribution in [-0.4, -0.2) is 32.7 Å². The second-order valence-electron chi connectivity index (χ2n) is 4.84. The van der Waals surface area contributed by atoms with Crippen molar-refractivity contribution in [2.24, 2.45) is 0 Å². The van der Waals surface area contributed by atoms with E-state index in [1.54, 1.807) is 12.1 Å². The SMILES string of the molecule is O=C(NC1(C(=O)O)CCC1)c1cc(-c2ccco2)[nH]n1. The Morgan fingerprint density at radius 1 is 1.45 bits per heavy atom. The number of H-pyrrole nitrogens is 1. The number of aromatic nitrogens is 2. The van der Waals surface area contributed by atoms with Crippen molar-refractivity contribution in [3.8, 4) is 11.5 Å². The van der Waals surface area contributed by atoms with E-state index in [1.165, 1.54) is 12.3 Å². The van der Waals surface area contributed by atoms with Crippen LogP contribution in [0.4, 0.5) is 0 Å². The first-order valence-corrected chi connectivity index (χ1v) is 6.26. The first kappa shape index (κ1) is 12.5. The molecule has 0 unspecified atom stereocenters. The van der Waals surface area contributed by atoms with Gasteiger partial charge in [-0.3, -0.25) is 9.89 Å². The highest BCUT2D eigenvalue weighted by molar-refractivity contribution is 5.97. The molecule has 1 aliphatic rings. The van der Waals surface area contributed by atoms with Crippen molar-refractivity contribution in [3.05, 3.63) is 30.2 Å². The smallest absolute Gasteiger partial charge is 0.329 e. The van der Waals surface area contributed by atoms with E-state index in [0.717, 1.165) is 6.42 Å². The van der Waals surface area contributed by atoms with Gasteiger partial charge in [-0.05, 0) is 31.4 Å². The molecular formula is C13H13N3O4. The van der Waals surface area contributed by atoms with Crippen molar-refractivity contribution in [2.45, 2.75) is 24.8 Å². The summed E-state index contributed by atoms with van der Waals surface area (Å²) < 4.78 is 5.19. The molecule has 3 rings (SSSR count). The number of furan rings is 1. The molecule has 2 aromatic heterocycles. The Labute approximate surface area is 114 Å². The van der Waals surface area contributed by atoms with Crippen LogP contribution in [0.15, 0.2) is 28.9 Å². The number of rotatable bonds is 4. The molecule has 2 aromatic rings. The second-order valence-corrected chi connectivity index (χ2v) is 4.84. The zero-order chi connectivity index (χ0) is 14.2. The lowest BCUT2D eigenvalue weighted by molar-refractivity contribution is -0.148. The van der Waals surface area contributed by atoms with Gasteiger partial charge in [-0.15, -0.1) is 0 Å². The predicted octanol–water partition coefficient (Wildman–Crippen LogP) is 1.41. The van der Waals surface area contributed by atoms with Gasteiger partial charge in [0.2, 0.25) is 0 Å². The molecule has 0 bridgehead atoms. The van der Waals surface area contributed by atoms with Gasteiger partial charge in [0.05, 0.1) is 6.26 Å². The number of aliphatic carboxylic acids is 1. The van der Waals surface area contributed by atoms with Crippen LogP contribution < -0.4 is 5.32 Å². The van der Waals surface area contributed by atoms with Crippen LogP contribution in [0.1, 0.15) is 29.8 Å². The van der Waals surface area contributed by atoms with Gasteiger partial charge in [-0.25, -0.2) is 4.79 Å². The molecule has 20 heavy (non-hydrogen) atoms. The fourth-order valence-electron chi connectivity index (χ4n) is 2.20. The minimum absolute atomic E-state index is 0.143. The summed E-state index contributed by atoms with van der Waals surface area (Å²) in [4.78, 5) is 23.3. The third-order valence-electron chi connectivity index (χ3n) is 3.57. The molecule has 1 amide bonds. The van der Waals surface area contributed by atoms with Gasteiger partial charge >= 0.3 is 5.97 Å². The van der Waals surface area contributed by atoms with E-state index < -0.39 is 17.4 Å². The number of nitrogens with zero attached hydrogens (tertiary/aromatic N) is 1. The normalized spacial score (nSPS) is 16.4. The number of hydrogen-bond acceptors (Lipinski definition) is 4. The Morgan fingerprint density at radius 3 is 2.80 bits per heavy atom. The minimum atomic E-state index is -1.14. The van der Waals surface area contributed by atoms with E-state index in [1.807, 2.05) is 0 Å². The third-order valence-corrected chi connectivity index (χ3v) is 3.57. The first-order chi connectivity index (χ1) is 9.61. The Kier molecular flexibility index (Phi) is 2.81. The van der Waals surface area contributed by atoms with E-state index in [2.05, 4.69) is 15.5 Å². The van der Waals surface area contributed by atoms with Gasteiger partial charge in [0, 0.05) is 6.07 Å². The van der Waals surface area contributed by atoms with Crippen molar-refractivity contribution in [2.75, 3.05) is 0 Å². The average Bonchev–Trinajstić information content (AvgIpc) is 3.01. The fourth-order valence-corrected chi connectivity index (χ4v) is 2.20. The summed E-state index contributed by atoms with van der Waals surface area (Å²) in [5.74, 6) is -0.937. The number of carbonyl (C=O) groups is 2. The number of carboxylic acid groups (broad SMARTS) is 1. The summed E-state index contributed by atoms with van der Waals surface area (Å²) in [7, 11) is 0. The van der Waals surface area contributed by atoms with Crippen molar-refractivity contribution in [1.82, 2.24) is 15.5 Å². The van der Waals surface area contributed by atoms with Crippen LogP contribution in [0.25, 0.3) is 11.5 Å². The molecule has 0 saturated heterocycles. The molecule has 0 aromatic carbocycles. The van der Waals surface area contributed by atoms with E-state index in [-0.39, 0.29) is 5.69 Å². The summed E-state index contributed by atoms with van der Waals surface area (Å²) in [6, 6.07) is 4.99. The maximum absolute atomic E-state index is 12.1. The number of amides is 1. The second kappa shape index (κ2) is 4.52. The zero-order valence-electron chi connectivity index (χ0n) is 10.5. The lowest BCUT2D eigenvalue weighted by Gasteiger charge is -2.37. The molecule has 0 spiro atoms. The third kappa shape index (κ3) is 1.97. The molecule has 1 fully saturated rings. The molecule has 0 radical (unpaired) electrons. The van der Waals surface area contributed by atoms with Crippen molar-refractivity contribution in [3.63, 3.8) is 0 Å². The zero-order valence-corrected chi connectivity index (χ0v) is 10.5. The van der Waals surface area contributed by atoms with Crippen LogP contribution in [0.3, 0.4) is 0 Å². The number of carboxylic acids is 1. The van der Waals surface area contributed by atoms with Crippen LogP contribution in [0, 0.1) is 0 Å². The van der Waals surface area contributed by atoms with Gasteiger partial charge in [0.1, 0.15) is 11.2 Å². The van der Waals surface area contributed by atoms with Crippen LogP contribution in [0.5, 0.6) is 0 Å². The summed E-state index contributed by atoms with van der Waals surface area (Å²) in [6.07, 6.45) is 3.21. The summed E-state index contributed by atoms with van der Waals surface area (Å²) in [5, 5.41) is 18.3. The molecule has 1 aliphatic carbocycles. The summed E-state index contributed by atoms with van der Waals surface area (Å²) >= 11 is 0. The average molecular weight is 275 g/mol.